The highest BCUT2D eigenvalue weighted by Gasteiger charge is 2.55. The Morgan fingerprint density at radius 1 is 1.06 bits per heavy atom. The number of hydrogen-bond donors (Lipinski definition) is 2. The number of carboxylic acid groups (broad SMARTS) is 1. The minimum atomic E-state index is -1.03. The van der Waals surface area contributed by atoms with Crippen molar-refractivity contribution in [2.24, 2.45) is 11.8 Å². The molecule has 8 heteroatoms. The number of carbonyl (C=O) groups excluding carboxylic acids is 2. The van der Waals surface area contributed by atoms with Crippen LogP contribution in [0.4, 0.5) is 5.00 Å². The first-order valence-corrected chi connectivity index (χ1v) is 11.2. The van der Waals surface area contributed by atoms with Gasteiger partial charge in [-0.1, -0.05) is 36.4 Å². The Morgan fingerprint density at radius 2 is 1.78 bits per heavy atom. The number of anilines is 1. The van der Waals surface area contributed by atoms with Crippen molar-refractivity contribution >= 4 is 45.0 Å². The zero-order chi connectivity index (χ0) is 22.4. The van der Waals surface area contributed by atoms with E-state index in [1.807, 2.05) is 42.5 Å². The summed E-state index contributed by atoms with van der Waals surface area (Å²) < 4.78 is 10.7. The number of esters is 1. The molecule has 7 nitrogen and oxygen atoms in total. The van der Waals surface area contributed by atoms with E-state index in [4.69, 9.17) is 9.47 Å². The molecule has 32 heavy (non-hydrogen) atoms. The first-order chi connectivity index (χ1) is 15.5. The van der Waals surface area contributed by atoms with Crippen LogP contribution in [0, 0.1) is 11.8 Å². The third kappa shape index (κ3) is 3.36. The predicted octanol–water partition coefficient (Wildman–Crippen LogP) is 4.17. The molecule has 2 N–H and O–H groups in total. The van der Waals surface area contributed by atoms with Crippen molar-refractivity contribution in [2.75, 3.05) is 12.4 Å². The molecular formula is C24H21NO6S. The SMILES string of the molecule is COC(=O)c1c(-c2ccc3ccccc3c2)csc1NC(=O)[C@@H]1[C@@H](C(=O)O)[C@H]2CC[C@@H]1O2. The number of ether oxygens (including phenoxy) is 2. The predicted molar refractivity (Wildman–Crippen MR) is 120 cm³/mol. The summed E-state index contributed by atoms with van der Waals surface area (Å²) in [6.45, 7) is 0. The minimum Gasteiger partial charge on any atom is -0.481 e. The summed E-state index contributed by atoms with van der Waals surface area (Å²) >= 11 is 1.22. The van der Waals surface area contributed by atoms with E-state index in [-0.39, 0.29) is 5.56 Å². The number of hydrogen-bond acceptors (Lipinski definition) is 6. The Bertz CT molecular complexity index is 1230. The Labute approximate surface area is 188 Å². The summed E-state index contributed by atoms with van der Waals surface area (Å²) in [5.41, 5.74) is 1.74. The van der Waals surface area contributed by atoms with E-state index in [1.165, 1.54) is 18.4 Å². The van der Waals surface area contributed by atoms with Crippen molar-refractivity contribution in [1.82, 2.24) is 0 Å². The highest BCUT2D eigenvalue weighted by molar-refractivity contribution is 7.15. The van der Waals surface area contributed by atoms with Crippen molar-refractivity contribution in [2.45, 2.75) is 25.0 Å². The van der Waals surface area contributed by atoms with Crippen molar-refractivity contribution in [3.8, 4) is 11.1 Å². The molecule has 4 atom stereocenters. The minimum absolute atomic E-state index is 0.261. The van der Waals surface area contributed by atoms with Crippen LogP contribution in [0.15, 0.2) is 47.8 Å². The quantitative estimate of drug-likeness (QED) is 0.565. The summed E-state index contributed by atoms with van der Waals surface area (Å²) in [6.07, 6.45) is 0.444. The van der Waals surface area contributed by atoms with Gasteiger partial charge in [0, 0.05) is 10.9 Å². The average Bonchev–Trinajstić information content (AvgIpc) is 3.52. The maximum absolute atomic E-state index is 13.1. The molecule has 2 bridgehead atoms. The number of methoxy groups -OCH3 is 1. The smallest absolute Gasteiger partial charge is 0.341 e. The zero-order valence-electron chi connectivity index (χ0n) is 17.2. The molecule has 2 aromatic carbocycles. The molecular weight excluding hydrogens is 430 g/mol. The number of carboxylic acids is 1. The molecule has 0 saturated carbocycles. The number of thiophene rings is 1. The third-order valence-corrected chi connectivity index (χ3v) is 7.23. The summed E-state index contributed by atoms with van der Waals surface area (Å²) in [5.74, 6) is -3.71. The molecule has 5 rings (SSSR count). The van der Waals surface area contributed by atoms with Crippen LogP contribution < -0.4 is 5.32 Å². The van der Waals surface area contributed by atoms with Crippen LogP contribution in [-0.2, 0) is 19.1 Å². The summed E-state index contributed by atoms with van der Waals surface area (Å²) in [6, 6.07) is 13.8. The standard InChI is InChI=1S/C24H21NO6S/c1-30-24(29)18-15(14-7-6-12-4-2-3-5-13(12)10-14)11-32-22(18)25-21(26)19-16-8-9-17(31-16)20(19)23(27)28/h2-7,10-11,16-17,19-20H,8-9H2,1H3,(H,25,26)(H,27,28)/t16-,17+,19-,20-/m0/s1. The van der Waals surface area contributed by atoms with E-state index in [1.54, 1.807) is 5.38 Å². The fourth-order valence-electron chi connectivity index (χ4n) is 4.84. The van der Waals surface area contributed by atoms with E-state index in [0.29, 0.717) is 23.4 Å². The summed E-state index contributed by atoms with van der Waals surface area (Å²) in [5, 5.41) is 16.7. The van der Waals surface area contributed by atoms with Crippen LogP contribution in [0.1, 0.15) is 23.2 Å². The first kappa shape index (κ1) is 20.7. The second kappa shape index (κ2) is 8.03. The first-order valence-electron chi connectivity index (χ1n) is 10.4. The largest absolute Gasteiger partial charge is 0.481 e. The van der Waals surface area contributed by atoms with Crippen LogP contribution in [0.3, 0.4) is 0 Å². The summed E-state index contributed by atoms with van der Waals surface area (Å²) in [7, 11) is 1.29. The molecule has 0 radical (unpaired) electrons. The van der Waals surface area contributed by atoms with E-state index in [2.05, 4.69) is 5.32 Å². The lowest BCUT2D eigenvalue weighted by Crippen LogP contribution is -2.41. The van der Waals surface area contributed by atoms with Crippen molar-refractivity contribution in [3.63, 3.8) is 0 Å². The Hall–Kier alpha value is -3.23. The van der Waals surface area contributed by atoms with Gasteiger partial charge >= 0.3 is 11.9 Å². The molecule has 1 aromatic heterocycles. The zero-order valence-corrected chi connectivity index (χ0v) is 18.1. The van der Waals surface area contributed by atoms with Gasteiger partial charge in [0.1, 0.15) is 10.6 Å². The molecule has 3 aromatic rings. The maximum atomic E-state index is 13.1. The highest BCUT2D eigenvalue weighted by Crippen LogP contribution is 2.45. The molecule has 1 amide bonds. The van der Waals surface area contributed by atoms with Crippen LogP contribution in [0.25, 0.3) is 21.9 Å². The van der Waals surface area contributed by atoms with Crippen LogP contribution >= 0.6 is 11.3 Å². The van der Waals surface area contributed by atoms with Gasteiger partial charge in [-0.2, -0.15) is 0 Å². The lowest BCUT2D eigenvalue weighted by molar-refractivity contribution is -0.147. The maximum Gasteiger partial charge on any atom is 0.341 e. The van der Waals surface area contributed by atoms with E-state index in [0.717, 1.165) is 16.3 Å². The number of aliphatic carboxylic acids is 1. The second-order valence-electron chi connectivity index (χ2n) is 8.08. The van der Waals surface area contributed by atoms with Crippen molar-refractivity contribution < 1.29 is 29.0 Å². The third-order valence-electron chi connectivity index (χ3n) is 6.34. The van der Waals surface area contributed by atoms with Gasteiger partial charge in [0.2, 0.25) is 5.91 Å². The fourth-order valence-corrected chi connectivity index (χ4v) is 5.80. The molecule has 0 spiro atoms. The second-order valence-corrected chi connectivity index (χ2v) is 8.96. The van der Waals surface area contributed by atoms with Crippen molar-refractivity contribution in [1.29, 1.82) is 0 Å². The number of carbonyl (C=O) groups is 3. The van der Waals surface area contributed by atoms with Crippen LogP contribution in [0.2, 0.25) is 0 Å². The lowest BCUT2D eigenvalue weighted by atomic mass is 9.79. The number of nitrogens with one attached hydrogen (secondary N) is 1. The molecule has 3 heterocycles. The molecule has 0 aliphatic carbocycles. The van der Waals surface area contributed by atoms with Gasteiger partial charge in [0.15, 0.2) is 0 Å². The molecule has 2 aliphatic heterocycles. The van der Waals surface area contributed by atoms with Gasteiger partial charge in [0.25, 0.3) is 0 Å². The van der Waals surface area contributed by atoms with E-state index < -0.39 is 41.9 Å². The summed E-state index contributed by atoms with van der Waals surface area (Å²) in [4.78, 5) is 37.5. The number of fused-ring (bicyclic) bond motifs is 3. The van der Waals surface area contributed by atoms with Crippen molar-refractivity contribution in [3.05, 3.63) is 53.4 Å². The lowest BCUT2D eigenvalue weighted by Gasteiger charge is -2.23. The Kier molecular flexibility index (Phi) is 5.19. The molecule has 2 saturated heterocycles. The van der Waals surface area contributed by atoms with Gasteiger partial charge in [-0.3, -0.25) is 9.59 Å². The van der Waals surface area contributed by atoms with E-state index >= 15 is 0 Å². The average molecular weight is 452 g/mol. The fraction of sp³-hybridized carbons (Fsp3) is 0.292. The molecule has 164 valence electrons. The number of amides is 1. The highest BCUT2D eigenvalue weighted by atomic mass is 32.1. The van der Waals surface area contributed by atoms with E-state index in [9.17, 15) is 19.5 Å². The molecule has 2 fully saturated rings. The van der Waals surface area contributed by atoms with Crippen LogP contribution in [0.5, 0.6) is 0 Å². The van der Waals surface area contributed by atoms with Gasteiger partial charge in [-0.25, -0.2) is 4.79 Å². The molecule has 0 unspecified atom stereocenters. The topological polar surface area (TPSA) is 102 Å². The van der Waals surface area contributed by atoms with Gasteiger partial charge in [-0.05, 0) is 35.2 Å². The van der Waals surface area contributed by atoms with Gasteiger partial charge in [0.05, 0.1) is 31.2 Å². The van der Waals surface area contributed by atoms with Crippen LogP contribution in [-0.4, -0.2) is 42.3 Å². The Morgan fingerprint density at radius 3 is 2.50 bits per heavy atom. The normalized spacial score (nSPS) is 23.9. The van der Waals surface area contributed by atoms with Gasteiger partial charge in [-0.15, -0.1) is 11.3 Å². The number of benzene rings is 2. The monoisotopic (exact) mass is 451 g/mol. The number of rotatable bonds is 5. The molecule has 2 aliphatic rings. The van der Waals surface area contributed by atoms with Gasteiger partial charge < -0.3 is 19.9 Å². The Balaban J connectivity index is 1.49.